The van der Waals surface area contributed by atoms with E-state index in [9.17, 15) is 4.39 Å². The normalized spacial score (nSPS) is 12.6. The van der Waals surface area contributed by atoms with E-state index in [0.29, 0.717) is 29.7 Å². The highest BCUT2D eigenvalue weighted by Crippen LogP contribution is 2.24. The van der Waals surface area contributed by atoms with Crippen molar-refractivity contribution in [1.82, 2.24) is 0 Å². The molecule has 0 aliphatic heterocycles. The van der Waals surface area contributed by atoms with Crippen LogP contribution in [0.15, 0.2) is 18.2 Å². The Labute approximate surface area is 88.2 Å². The molecule has 1 rings (SSSR count). The summed E-state index contributed by atoms with van der Waals surface area (Å²) in [5, 5.41) is 3.34. The molecule has 0 aliphatic rings. The lowest BCUT2D eigenvalue weighted by Crippen LogP contribution is -2.20. The summed E-state index contributed by atoms with van der Waals surface area (Å²) in [5.74, 6) is -0.0348. The van der Waals surface area contributed by atoms with E-state index in [-0.39, 0.29) is 5.82 Å². The Bertz CT molecular complexity index is 284. The van der Waals surface area contributed by atoms with Crippen molar-refractivity contribution in [3.05, 3.63) is 29.0 Å². The molecule has 0 saturated carbocycles. The molecule has 3 N–H and O–H groups in total. The van der Waals surface area contributed by atoms with Crippen LogP contribution in [0.5, 0.6) is 0 Å². The van der Waals surface area contributed by atoms with Crippen LogP contribution in [0.25, 0.3) is 0 Å². The van der Waals surface area contributed by atoms with Crippen molar-refractivity contribution >= 4 is 17.3 Å². The van der Waals surface area contributed by atoms with Crippen LogP contribution in [0, 0.1) is 11.7 Å². The van der Waals surface area contributed by atoms with E-state index in [1.54, 1.807) is 12.1 Å². The van der Waals surface area contributed by atoms with E-state index in [1.807, 2.05) is 6.92 Å². The van der Waals surface area contributed by atoms with Gasteiger partial charge in [0.25, 0.3) is 0 Å². The molecule has 1 aromatic rings. The molecule has 0 saturated heterocycles. The molecular weight excluding hydrogens is 203 g/mol. The van der Waals surface area contributed by atoms with E-state index in [2.05, 4.69) is 5.32 Å². The van der Waals surface area contributed by atoms with Crippen LogP contribution in [-0.4, -0.2) is 13.1 Å². The first-order chi connectivity index (χ1) is 6.65. The Morgan fingerprint density at radius 3 is 2.86 bits per heavy atom. The summed E-state index contributed by atoms with van der Waals surface area (Å²) in [6.45, 7) is 3.18. The molecule has 2 nitrogen and oxygen atoms in total. The zero-order valence-electron chi connectivity index (χ0n) is 8.06. The third kappa shape index (κ3) is 2.86. The molecule has 1 aromatic carbocycles. The van der Waals surface area contributed by atoms with Crippen molar-refractivity contribution in [2.24, 2.45) is 11.7 Å². The number of hydrogen-bond acceptors (Lipinski definition) is 2. The van der Waals surface area contributed by atoms with Gasteiger partial charge in [-0.1, -0.05) is 24.6 Å². The fourth-order valence-corrected chi connectivity index (χ4v) is 1.26. The first-order valence-electron chi connectivity index (χ1n) is 4.53. The number of halogens is 2. The van der Waals surface area contributed by atoms with Crippen molar-refractivity contribution in [3.8, 4) is 0 Å². The minimum atomic E-state index is -0.332. The molecule has 0 bridgehead atoms. The standard InChI is InChI=1S/C10H14ClFN2/c1-7(5-13)6-14-10-8(11)3-2-4-9(10)12/h2-4,7,14H,5-6,13H2,1H3. The lowest BCUT2D eigenvalue weighted by atomic mass is 10.2. The van der Waals surface area contributed by atoms with Gasteiger partial charge in [0.05, 0.1) is 10.7 Å². The minimum Gasteiger partial charge on any atom is -0.381 e. The molecule has 0 aromatic heterocycles. The SMILES string of the molecule is CC(CN)CNc1c(F)cccc1Cl. The van der Waals surface area contributed by atoms with Crippen LogP contribution < -0.4 is 11.1 Å². The first-order valence-corrected chi connectivity index (χ1v) is 4.91. The van der Waals surface area contributed by atoms with Gasteiger partial charge in [-0.25, -0.2) is 4.39 Å². The Hall–Kier alpha value is -0.800. The number of anilines is 1. The molecule has 0 fully saturated rings. The Kier molecular flexibility index (Phi) is 4.17. The third-order valence-electron chi connectivity index (χ3n) is 1.99. The number of nitrogens with one attached hydrogen (secondary N) is 1. The molecular formula is C10H14ClFN2. The maximum absolute atomic E-state index is 13.2. The van der Waals surface area contributed by atoms with Gasteiger partial charge < -0.3 is 11.1 Å². The van der Waals surface area contributed by atoms with Crippen LogP contribution in [0.3, 0.4) is 0 Å². The largest absolute Gasteiger partial charge is 0.381 e. The summed E-state index contributed by atoms with van der Waals surface area (Å²) in [4.78, 5) is 0. The van der Waals surface area contributed by atoms with E-state index < -0.39 is 0 Å². The van der Waals surface area contributed by atoms with Gasteiger partial charge in [0, 0.05) is 6.54 Å². The molecule has 0 radical (unpaired) electrons. The summed E-state index contributed by atoms with van der Waals surface area (Å²) >= 11 is 5.82. The van der Waals surface area contributed by atoms with Crippen LogP contribution >= 0.6 is 11.6 Å². The van der Waals surface area contributed by atoms with E-state index in [0.717, 1.165) is 0 Å². The summed E-state index contributed by atoms with van der Waals surface area (Å²) in [6, 6.07) is 4.61. The monoisotopic (exact) mass is 216 g/mol. The average Bonchev–Trinajstić information content (AvgIpc) is 2.16. The molecule has 0 aliphatic carbocycles. The van der Waals surface area contributed by atoms with Gasteiger partial charge in [-0.05, 0) is 24.6 Å². The maximum atomic E-state index is 13.2. The number of hydrogen-bond donors (Lipinski definition) is 2. The Morgan fingerprint density at radius 1 is 1.57 bits per heavy atom. The van der Waals surface area contributed by atoms with Gasteiger partial charge >= 0.3 is 0 Å². The van der Waals surface area contributed by atoms with Crippen molar-refractivity contribution < 1.29 is 4.39 Å². The van der Waals surface area contributed by atoms with Gasteiger partial charge in [-0.3, -0.25) is 0 Å². The average molecular weight is 217 g/mol. The lowest BCUT2D eigenvalue weighted by Gasteiger charge is -2.12. The number of nitrogens with two attached hydrogens (primary N) is 1. The topological polar surface area (TPSA) is 38.0 Å². The van der Waals surface area contributed by atoms with E-state index in [4.69, 9.17) is 17.3 Å². The van der Waals surface area contributed by atoms with Gasteiger partial charge in [0.15, 0.2) is 0 Å². The Morgan fingerprint density at radius 2 is 2.29 bits per heavy atom. The number of benzene rings is 1. The maximum Gasteiger partial charge on any atom is 0.147 e. The summed E-state index contributed by atoms with van der Waals surface area (Å²) < 4.78 is 13.2. The second kappa shape index (κ2) is 5.17. The highest BCUT2D eigenvalue weighted by Gasteiger charge is 2.07. The van der Waals surface area contributed by atoms with E-state index >= 15 is 0 Å². The zero-order valence-corrected chi connectivity index (χ0v) is 8.81. The molecule has 0 amide bonds. The van der Waals surface area contributed by atoms with Gasteiger partial charge in [-0.15, -0.1) is 0 Å². The third-order valence-corrected chi connectivity index (χ3v) is 2.31. The lowest BCUT2D eigenvalue weighted by molar-refractivity contribution is 0.609. The van der Waals surface area contributed by atoms with Crippen LogP contribution in [0.1, 0.15) is 6.92 Å². The molecule has 1 unspecified atom stereocenters. The number of para-hydroxylation sites is 1. The predicted molar refractivity (Wildman–Crippen MR) is 58.1 cm³/mol. The summed E-state index contributed by atoms with van der Waals surface area (Å²) in [6.07, 6.45) is 0. The van der Waals surface area contributed by atoms with E-state index in [1.165, 1.54) is 6.07 Å². The summed E-state index contributed by atoms with van der Waals surface area (Å²) in [7, 11) is 0. The van der Waals surface area contributed by atoms with Gasteiger partial charge in [0.1, 0.15) is 5.82 Å². The molecule has 78 valence electrons. The molecule has 4 heteroatoms. The van der Waals surface area contributed by atoms with Crippen LogP contribution in [0.4, 0.5) is 10.1 Å². The summed E-state index contributed by atoms with van der Waals surface area (Å²) in [5.41, 5.74) is 5.80. The molecule has 0 spiro atoms. The van der Waals surface area contributed by atoms with Gasteiger partial charge in [0.2, 0.25) is 0 Å². The Balaban J connectivity index is 2.66. The second-order valence-corrected chi connectivity index (χ2v) is 3.73. The van der Waals surface area contributed by atoms with Crippen LogP contribution in [-0.2, 0) is 0 Å². The van der Waals surface area contributed by atoms with Crippen molar-refractivity contribution in [3.63, 3.8) is 0 Å². The molecule has 14 heavy (non-hydrogen) atoms. The fourth-order valence-electron chi connectivity index (χ4n) is 1.03. The zero-order chi connectivity index (χ0) is 10.6. The van der Waals surface area contributed by atoms with Crippen molar-refractivity contribution in [2.45, 2.75) is 6.92 Å². The fraction of sp³-hybridized carbons (Fsp3) is 0.400. The number of rotatable bonds is 4. The predicted octanol–water partition coefficient (Wildman–Crippen LogP) is 2.49. The van der Waals surface area contributed by atoms with Crippen molar-refractivity contribution in [2.75, 3.05) is 18.4 Å². The highest BCUT2D eigenvalue weighted by atomic mass is 35.5. The highest BCUT2D eigenvalue weighted by molar-refractivity contribution is 6.33. The smallest absolute Gasteiger partial charge is 0.147 e. The first kappa shape index (κ1) is 11.3. The van der Waals surface area contributed by atoms with Crippen LogP contribution in [0.2, 0.25) is 5.02 Å². The molecule has 1 atom stereocenters. The minimum absolute atomic E-state index is 0.297. The molecule has 0 heterocycles. The van der Waals surface area contributed by atoms with Crippen molar-refractivity contribution in [1.29, 1.82) is 0 Å². The second-order valence-electron chi connectivity index (χ2n) is 3.32. The quantitative estimate of drug-likeness (QED) is 0.812. The van der Waals surface area contributed by atoms with Gasteiger partial charge in [-0.2, -0.15) is 0 Å².